The average molecular weight is 271 g/mol. The summed E-state index contributed by atoms with van der Waals surface area (Å²) in [6, 6.07) is 8.10. The van der Waals surface area contributed by atoms with Crippen molar-refractivity contribution < 1.29 is 0 Å². The Morgan fingerprint density at radius 3 is 2.35 bits per heavy atom. The van der Waals surface area contributed by atoms with Gasteiger partial charge in [-0.1, -0.05) is 38.1 Å². The fourth-order valence-electron chi connectivity index (χ4n) is 2.12. The predicted octanol–water partition coefficient (Wildman–Crippen LogP) is 2.07. The van der Waals surface area contributed by atoms with E-state index in [0.29, 0.717) is 19.0 Å². The van der Waals surface area contributed by atoms with Crippen LogP contribution in [-0.2, 0) is 25.9 Å². The normalized spacial score (nSPS) is 10.6. The third-order valence-corrected chi connectivity index (χ3v) is 3.28. The lowest BCUT2D eigenvalue weighted by atomic mass is 10.1. The van der Waals surface area contributed by atoms with Crippen LogP contribution in [0.2, 0.25) is 0 Å². The molecule has 0 atom stereocenters. The van der Waals surface area contributed by atoms with E-state index in [9.17, 15) is 0 Å². The highest BCUT2D eigenvalue weighted by Crippen LogP contribution is 2.11. The van der Waals surface area contributed by atoms with Gasteiger partial charge in [-0.25, -0.2) is 4.98 Å². The van der Waals surface area contributed by atoms with E-state index in [1.54, 1.807) is 0 Å². The molecule has 2 aromatic rings. The molecule has 0 saturated carbocycles. The second-order valence-corrected chi connectivity index (χ2v) is 4.56. The summed E-state index contributed by atoms with van der Waals surface area (Å²) in [7, 11) is 0. The molecule has 5 heteroatoms. The van der Waals surface area contributed by atoms with Crippen LogP contribution in [-0.4, -0.2) is 15.2 Å². The van der Waals surface area contributed by atoms with Crippen LogP contribution in [0.15, 0.2) is 24.3 Å². The van der Waals surface area contributed by atoms with Crippen LogP contribution in [0.4, 0.5) is 5.95 Å². The van der Waals surface area contributed by atoms with E-state index in [4.69, 9.17) is 5.73 Å². The fraction of sp³-hybridized carbons (Fsp3) is 0.400. The third-order valence-electron chi connectivity index (χ3n) is 3.28. The summed E-state index contributed by atoms with van der Waals surface area (Å²) in [6.45, 7) is 5.34. The minimum atomic E-state index is 0.534. The molecule has 106 valence electrons. The smallest absolute Gasteiger partial charge is 0.243 e. The zero-order valence-corrected chi connectivity index (χ0v) is 12.1. The number of hydrogen-bond donors (Lipinski definition) is 2. The highest BCUT2D eigenvalue weighted by Gasteiger charge is 2.06. The molecule has 20 heavy (non-hydrogen) atoms. The molecule has 0 saturated heterocycles. The van der Waals surface area contributed by atoms with Crippen molar-refractivity contribution in [2.75, 3.05) is 5.32 Å². The summed E-state index contributed by atoms with van der Waals surface area (Å²) in [5, 5.41) is 11.6. The van der Waals surface area contributed by atoms with Crippen molar-refractivity contribution in [3.8, 4) is 0 Å². The van der Waals surface area contributed by atoms with Crippen molar-refractivity contribution in [3.63, 3.8) is 0 Å². The molecule has 0 aliphatic carbocycles. The zero-order chi connectivity index (χ0) is 14.4. The number of hydrogen-bond acceptors (Lipinski definition) is 5. The molecule has 0 spiro atoms. The molecule has 1 aromatic heterocycles. The lowest BCUT2D eigenvalue weighted by Crippen LogP contribution is -2.11. The van der Waals surface area contributed by atoms with Gasteiger partial charge in [-0.3, -0.25) is 0 Å². The quantitative estimate of drug-likeness (QED) is 0.841. The van der Waals surface area contributed by atoms with Gasteiger partial charge in [0.2, 0.25) is 5.95 Å². The second-order valence-electron chi connectivity index (χ2n) is 4.56. The molecule has 0 radical (unpaired) electrons. The van der Waals surface area contributed by atoms with Crippen molar-refractivity contribution in [1.29, 1.82) is 0 Å². The van der Waals surface area contributed by atoms with Crippen LogP contribution in [0.5, 0.6) is 0 Å². The topological polar surface area (TPSA) is 76.7 Å². The molecule has 0 unspecified atom stereocenters. The first-order valence-electron chi connectivity index (χ1n) is 7.01. The van der Waals surface area contributed by atoms with Crippen LogP contribution in [0.25, 0.3) is 0 Å². The summed E-state index contributed by atoms with van der Waals surface area (Å²) in [4.78, 5) is 4.52. The standard InChI is InChI=1S/C15H21N5/c1-3-13-14(4-2)19-20-15(18-13)17-10-12-8-6-5-7-11(12)9-16/h5-8H,3-4,9-10,16H2,1-2H3,(H,17,18,20). The number of aromatic nitrogens is 3. The number of anilines is 1. The monoisotopic (exact) mass is 271 g/mol. The number of nitrogens with two attached hydrogens (primary N) is 1. The van der Waals surface area contributed by atoms with Crippen LogP contribution >= 0.6 is 0 Å². The lowest BCUT2D eigenvalue weighted by molar-refractivity contribution is 0.818. The van der Waals surface area contributed by atoms with Gasteiger partial charge in [-0.2, -0.15) is 5.10 Å². The summed E-state index contributed by atoms with van der Waals surface area (Å²) in [5.41, 5.74) is 10.0. The summed E-state index contributed by atoms with van der Waals surface area (Å²) < 4.78 is 0. The molecule has 5 nitrogen and oxygen atoms in total. The third kappa shape index (κ3) is 3.30. The Hall–Kier alpha value is -2.01. The minimum Gasteiger partial charge on any atom is -0.349 e. The maximum atomic E-state index is 5.73. The van der Waals surface area contributed by atoms with E-state index in [2.05, 4.69) is 40.4 Å². The van der Waals surface area contributed by atoms with Gasteiger partial charge in [0, 0.05) is 13.1 Å². The first kappa shape index (κ1) is 14.4. The van der Waals surface area contributed by atoms with Crippen molar-refractivity contribution >= 4 is 5.95 Å². The van der Waals surface area contributed by atoms with E-state index in [0.717, 1.165) is 35.4 Å². The summed E-state index contributed by atoms with van der Waals surface area (Å²) in [6.07, 6.45) is 1.73. The Kier molecular flexibility index (Phi) is 5.01. The predicted molar refractivity (Wildman–Crippen MR) is 80.2 cm³/mol. The van der Waals surface area contributed by atoms with Crippen molar-refractivity contribution in [3.05, 3.63) is 46.8 Å². The SMILES string of the molecule is CCc1nnc(NCc2ccccc2CN)nc1CC. The highest BCUT2D eigenvalue weighted by atomic mass is 15.2. The molecule has 0 aliphatic rings. The molecule has 0 aliphatic heterocycles. The number of benzene rings is 1. The van der Waals surface area contributed by atoms with Gasteiger partial charge in [0.25, 0.3) is 0 Å². The maximum Gasteiger partial charge on any atom is 0.243 e. The highest BCUT2D eigenvalue weighted by molar-refractivity contribution is 5.32. The molecule has 1 aromatic carbocycles. The molecule has 0 amide bonds. The van der Waals surface area contributed by atoms with E-state index in [-0.39, 0.29) is 0 Å². The Morgan fingerprint density at radius 2 is 1.70 bits per heavy atom. The Labute approximate surface area is 119 Å². The van der Waals surface area contributed by atoms with Crippen LogP contribution in [0, 0.1) is 0 Å². The van der Waals surface area contributed by atoms with E-state index in [1.165, 1.54) is 0 Å². The Bertz CT molecular complexity index is 568. The van der Waals surface area contributed by atoms with Crippen molar-refractivity contribution in [1.82, 2.24) is 15.2 Å². The minimum absolute atomic E-state index is 0.534. The van der Waals surface area contributed by atoms with E-state index >= 15 is 0 Å². The maximum absolute atomic E-state index is 5.73. The number of nitrogens with zero attached hydrogens (tertiary/aromatic N) is 3. The summed E-state index contributed by atoms with van der Waals surface area (Å²) in [5.74, 6) is 0.575. The van der Waals surface area contributed by atoms with Gasteiger partial charge in [-0.05, 0) is 24.0 Å². The first-order valence-corrected chi connectivity index (χ1v) is 7.01. The van der Waals surface area contributed by atoms with Gasteiger partial charge in [0.05, 0.1) is 11.4 Å². The van der Waals surface area contributed by atoms with E-state index in [1.807, 2.05) is 18.2 Å². The molecular formula is C15H21N5. The van der Waals surface area contributed by atoms with Gasteiger partial charge in [-0.15, -0.1) is 5.10 Å². The number of nitrogens with one attached hydrogen (secondary N) is 1. The van der Waals surface area contributed by atoms with Gasteiger partial charge in [0.1, 0.15) is 0 Å². The first-order chi connectivity index (χ1) is 9.78. The summed E-state index contributed by atoms with van der Waals surface area (Å²) >= 11 is 0. The van der Waals surface area contributed by atoms with Crippen LogP contribution in [0.1, 0.15) is 36.4 Å². The molecular weight excluding hydrogens is 250 g/mol. The zero-order valence-electron chi connectivity index (χ0n) is 12.1. The Morgan fingerprint density at radius 1 is 1.00 bits per heavy atom. The lowest BCUT2D eigenvalue weighted by Gasteiger charge is -2.10. The van der Waals surface area contributed by atoms with Gasteiger partial charge in [0.15, 0.2) is 0 Å². The van der Waals surface area contributed by atoms with Crippen molar-refractivity contribution in [2.45, 2.75) is 39.8 Å². The van der Waals surface area contributed by atoms with Crippen molar-refractivity contribution in [2.24, 2.45) is 5.73 Å². The molecule has 0 fully saturated rings. The van der Waals surface area contributed by atoms with Crippen LogP contribution in [0.3, 0.4) is 0 Å². The number of aryl methyl sites for hydroxylation is 2. The second kappa shape index (κ2) is 6.96. The average Bonchev–Trinajstić information content (AvgIpc) is 2.52. The number of rotatable bonds is 6. The largest absolute Gasteiger partial charge is 0.349 e. The molecule has 0 bridgehead atoms. The molecule has 1 heterocycles. The molecule has 2 rings (SSSR count). The Balaban J connectivity index is 2.11. The van der Waals surface area contributed by atoms with Gasteiger partial charge < -0.3 is 11.1 Å². The fourth-order valence-corrected chi connectivity index (χ4v) is 2.12. The van der Waals surface area contributed by atoms with Crippen LogP contribution < -0.4 is 11.1 Å². The van der Waals surface area contributed by atoms with E-state index < -0.39 is 0 Å². The van der Waals surface area contributed by atoms with Gasteiger partial charge >= 0.3 is 0 Å². The molecule has 3 N–H and O–H groups in total.